The van der Waals surface area contributed by atoms with Gasteiger partial charge in [-0.15, -0.1) is 0 Å². The van der Waals surface area contributed by atoms with Crippen molar-refractivity contribution in [3.8, 4) is 0 Å². The zero-order valence-corrected chi connectivity index (χ0v) is 12.3. The van der Waals surface area contributed by atoms with Crippen LogP contribution in [0.2, 0.25) is 0 Å². The molecule has 0 amide bonds. The summed E-state index contributed by atoms with van der Waals surface area (Å²) in [6.45, 7) is 1.71. The molecule has 2 fully saturated rings. The van der Waals surface area contributed by atoms with Crippen molar-refractivity contribution in [2.24, 2.45) is 11.8 Å². The Morgan fingerprint density at radius 2 is 2.15 bits per heavy atom. The van der Waals surface area contributed by atoms with Crippen LogP contribution in [0.3, 0.4) is 0 Å². The van der Waals surface area contributed by atoms with Crippen LogP contribution in [0.15, 0.2) is 4.52 Å². The Morgan fingerprint density at radius 3 is 2.85 bits per heavy atom. The minimum atomic E-state index is 0.473. The van der Waals surface area contributed by atoms with Crippen molar-refractivity contribution >= 4 is 0 Å². The molecule has 0 radical (unpaired) electrons. The van der Waals surface area contributed by atoms with Crippen LogP contribution in [0.4, 0.5) is 0 Å². The van der Waals surface area contributed by atoms with Crippen molar-refractivity contribution in [2.75, 3.05) is 20.3 Å². The molecule has 5 heteroatoms. The summed E-state index contributed by atoms with van der Waals surface area (Å²) >= 11 is 0. The molecule has 1 saturated carbocycles. The number of likely N-dealkylation sites (N-methyl/N-ethyl adjacent to an activating group) is 1. The maximum Gasteiger partial charge on any atom is 0.228 e. The van der Waals surface area contributed by atoms with Crippen LogP contribution in [0.5, 0.6) is 0 Å². The van der Waals surface area contributed by atoms with E-state index in [9.17, 15) is 0 Å². The molecular formula is C15H25N3O2. The van der Waals surface area contributed by atoms with Gasteiger partial charge in [-0.2, -0.15) is 4.98 Å². The molecule has 1 N–H and O–H groups in total. The van der Waals surface area contributed by atoms with Gasteiger partial charge in [-0.1, -0.05) is 18.0 Å². The van der Waals surface area contributed by atoms with Gasteiger partial charge in [0.2, 0.25) is 5.89 Å². The van der Waals surface area contributed by atoms with Crippen molar-refractivity contribution in [1.29, 1.82) is 0 Å². The second-order valence-electron chi connectivity index (χ2n) is 6.18. The highest BCUT2D eigenvalue weighted by Gasteiger charge is 2.26. The largest absolute Gasteiger partial charge is 0.381 e. The Kier molecular flexibility index (Phi) is 4.68. The summed E-state index contributed by atoms with van der Waals surface area (Å²) in [6.07, 6.45) is 8.23. The van der Waals surface area contributed by atoms with E-state index in [-0.39, 0.29) is 0 Å². The van der Waals surface area contributed by atoms with E-state index < -0.39 is 0 Å². The third kappa shape index (κ3) is 3.38. The Hall–Kier alpha value is -0.940. The van der Waals surface area contributed by atoms with E-state index in [4.69, 9.17) is 9.26 Å². The van der Waals surface area contributed by atoms with E-state index in [1.165, 1.54) is 25.7 Å². The van der Waals surface area contributed by atoms with Gasteiger partial charge in [0.25, 0.3) is 0 Å². The van der Waals surface area contributed by atoms with Gasteiger partial charge in [-0.05, 0) is 38.1 Å². The van der Waals surface area contributed by atoms with Crippen LogP contribution in [-0.2, 0) is 17.6 Å². The molecule has 3 rings (SSSR count). The Balaban J connectivity index is 1.55. The average Bonchev–Trinajstić information content (AvgIpc) is 3.19. The van der Waals surface area contributed by atoms with Crippen LogP contribution in [-0.4, -0.2) is 36.4 Å². The first-order chi connectivity index (χ1) is 9.85. The number of aromatic nitrogens is 2. The highest BCUT2D eigenvalue weighted by atomic mass is 16.5. The standard InChI is InChI=1S/C15H25N3O2/c1-16-13(12-4-2-3-5-12)9-15-17-14(18-20-15)8-11-6-7-19-10-11/h11-13,16H,2-10H2,1H3. The van der Waals surface area contributed by atoms with Crippen LogP contribution in [0.25, 0.3) is 0 Å². The molecule has 0 aromatic carbocycles. The lowest BCUT2D eigenvalue weighted by atomic mass is 9.95. The van der Waals surface area contributed by atoms with Crippen molar-refractivity contribution < 1.29 is 9.26 Å². The normalized spacial score (nSPS) is 25.4. The van der Waals surface area contributed by atoms with E-state index in [0.717, 1.165) is 50.1 Å². The average molecular weight is 279 g/mol. The first-order valence-corrected chi connectivity index (χ1v) is 7.91. The van der Waals surface area contributed by atoms with Gasteiger partial charge in [-0.25, -0.2) is 0 Å². The van der Waals surface area contributed by atoms with Crippen molar-refractivity contribution in [1.82, 2.24) is 15.5 Å². The summed E-state index contributed by atoms with van der Waals surface area (Å²) < 4.78 is 10.8. The predicted molar refractivity (Wildman–Crippen MR) is 75.4 cm³/mol. The minimum Gasteiger partial charge on any atom is -0.381 e. The Morgan fingerprint density at radius 1 is 1.30 bits per heavy atom. The second-order valence-corrected chi connectivity index (χ2v) is 6.18. The number of ether oxygens (including phenoxy) is 1. The number of nitrogens with one attached hydrogen (secondary N) is 1. The topological polar surface area (TPSA) is 60.2 Å². The number of nitrogens with zero attached hydrogens (tertiary/aromatic N) is 2. The summed E-state index contributed by atoms with van der Waals surface area (Å²) in [5.41, 5.74) is 0. The van der Waals surface area contributed by atoms with Gasteiger partial charge in [0.15, 0.2) is 5.82 Å². The third-order valence-corrected chi connectivity index (χ3v) is 4.74. The zero-order valence-electron chi connectivity index (χ0n) is 12.3. The van der Waals surface area contributed by atoms with E-state index in [1.807, 2.05) is 7.05 Å². The summed E-state index contributed by atoms with van der Waals surface area (Å²) in [6, 6.07) is 0.473. The fourth-order valence-electron chi connectivity index (χ4n) is 3.51. The lowest BCUT2D eigenvalue weighted by Crippen LogP contribution is -2.34. The van der Waals surface area contributed by atoms with E-state index in [1.54, 1.807) is 0 Å². The first kappa shape index (κ1) is 14.0. The van der Waals surface area contributed by atoms with Gasteiger partial charge in [0.05, 0.1) is 0 Å². The summed E-state index contributed by atoms with van der Waals surface area (Å²) in [5.74, 6) is 2.95. The highest BCUT2D eigenvalue weighted by Crippen LogP contribution is 2.29. The summed E-state index contributed by atoms with van der Waals surface area (Å²) in [4.78, 5) is 4.56. The SMILES string of the molecule is CNC(Cc1nc(CC2CCOC2)no1)C1CCCC1. The van der Waals surface area contributed by atoms with Gasteiger partial charge >= 0.3 is 0 Å². The molecular weight excluding hydrogens is 254 g/mol. The Labute approximate surface area is 120 Å². The van der Waals surface area contributed by atoms with Crippen molar-refractivity contribution in [3.63, 3.8) is 0 Å². The molecule has 5 nitrogen and oxygen atoms in total. The molecule has 2 aliphatic rings. The smallest absolute Gasteiger partial charge is 0.228 e. The van der Waals surface area contributed by atoms with Gasteiger partial charge < -0.3 is 14.6 Å². The lowest BCUT2D eigenvalue weighted by Gasteiger charge is -2.20. The predicted octanol–water partition coefficient (Wildman–Crippen LogP) is 1.97. The second kappa shape index (κ2) is 6.68. The Bertz CT molecular complexity index is 409. The van der Waals surface area contributed by atoms with Crippen molar-refractivity contribution in [2.45, 2.75) is 51.0 Å². The van der Waals surface area contributed by atoms with E-state index >= 15 is 0 Å². The van der Waals surface area contributed by atoms with Gasteiger partial charge in [0.1, 0.15) is 0 Å². The molecule has 20 heavy (non-hydrogen) atoms. The molecule has 2 unspecified atom stereocenters. The van der Waals surface area contributed by atoms with Crippen LogP contribution in [0, 0.1) is 11.8 Å². The van der Waals surface area contributed by atoms with Crippen LogP contribution >= 0.6 is 0 Å². The number of hydrogen-bond donors (Lipinski definition) is 1. The lowest BCUT2D eigenvalue weighted by molar-refractivity contribution is 0.185. The molecule has 1 aliphatic heterocycles. The van der Waals surface area contributed by atoms with E-state index in [2.05, 4.69) is 15.5 Å². The molecule has 0 bridgehead atoms. The molecule has 2 atom stereocenters. The minimum absolute atomic E-state index is 0.473. The molecule has 1 aromatic rings. The molecule has 112 valence electrons. The van der Waals surface area contributed by atoms with Crippen LogP contribution in [0.1, 0.15) is 43.8 Å². The summed E-state index contributed by atoms with van der Waals surface area (Å²) in [5, 5.41) is 7.55. The zero-order chi connectivity index (χ0) is 13.8. The molecule has 1 aliphatic carbocycles. The van der Waals surface area contributed by atoms with Gasteiger partial charge in [0, 0.05) is 32.1 Å². The third-order valence-electron chi connectivity index (χ3n) is 4.74. The maximum atomic E-state index is 5.42. The van der Waals surface area contributed by atoms with E-state index in [0.29, 0.717) is 12.0 Å². The number of hydrogen-bond acceptors (Lipinski definition) is 5. The van der Waals surface area contributed by atoms with Crippen LogP contribution < -0.4 is 5.32 Å². The highest BCUT2D eigenvalue weighted by molar-refractivity contribution is 4.93. The fourth-order valence-corrected chi connectivity index (χ4v) is 3.51. The molecule has 0 spiro atoms. The molecule has 2 heterocycles. The molecule has 1 aromatic heterocycles. The number of rotatable bonds is 6. The summed E-state index contributed by atoms with van der Waals surface area (Å²) in [7, 11) is 2.04. The monoisotopic (exact) mass is 279 g/mol. The van der Waals surface area contributed by atoms with Gasteiger partial charge in [-0.3, -0.25) is 0 Å². The first-order valence-electron chi connectivity index (χ1n) is 7.91. The quantitative estimate of drug-likeness (QED) is 0.862. The van der Waals surface area contributed by atoms with Crippen molar-refractivity contribution in [3.05, 3.63) is 11.7 Å². The molecule has 1 saturated heterocycles. The maximum absolute atomic E-state index is 5.42. The fraction of sp³-hybridized carbons (Fsp3) is 0.867.